The highest BCUT2D eigenvalue weighted by Gasteiger charge is 2.33. The molecule has 1 amide bonds. The predicted octanol–water partition coefficient (Wildman–Crippen LogP) is 3.89. The van der Waals surface area contributed by atoms with Crippen molar-refractivity contribution in [3.8, 4) is 17.7 Å². The largest absolute Gasteiger partial charge is 0.489 e. The number of nitrogens with zero attached hydrogens (tertiary/aromatic N) is 2. The van der Waals surface area contributed by atoms with Crippen LogP contribution in [0.5, 0.6) is 11.6 Å². The van der Waals surface area contributed by atoms with Gasteiger partial charge < -0.3 is 19.5 Å². The lowest BCUT2D eigenvalue weighted by molar-refractivity contribution is 0.0503. The molecule has 8 nitrogen and oxygen atoms in total. The zero-order valence-corrected chi connectivity index (χ0v) is 18.0. The van der Waals surface area contributed by atoms with Gasteiger partial charge in [0.25, 0.3) is 0 Å². The average Bonchev–Trinajstić information content (AvgIpc) is 3.41. The van der Waals surface area contributed by atoms with Crippen LogP contribution in [0.4, 0.5) is 4.79 Å². The fourth-order valence-electron chi connectivity index (χ4n) is 3.60. The summed E-state index contributed by atoms with van der Waals surface area (Å²) in [7, 11) is 1.46. The van der Waals surface area contributed by atoms with Gasteiger partial charge in [-0.1, -0.05) is 0 Å². The van der Waals surface area contributed by atoms with Crippen LogP contribution in [-0.4, -0.2) is 41.7 Å². The van der Waals surface area contributed by atoms with E-state index in [1.165, 1.54) is 7.11 Å². The predicted molar refractivity (Wildman–Crippen MR) is 109 cm³/mol. The molecule has 8 heteroatoms. The van der Waals surface area contributed by atoms with E-state index in [2.05, 4.69) is 10.3 Å². The van der Waals surface area contributed by atoms with Gasteiger partial charge >= 0.3 is 6.09 Å². The Hall–Kier alpha value is -2.82. The molecule has 2 aliphatic carbocycles. The van der Waals surface area contributed by atoms with Gasteiger partial charge in [0.1, 0.15) is 23.0 Å². The van der Waals surface area contributed by atoms with Crippen molar-refractivity contribution in [3.05, 3.63) is 17.3 Å². The van der Waals surface area contributed by atoms with E-state index in [0.29, 0.717) is 18.1 Å². The van der Waals surface area contributed by atoms with Gasteiger partial charge in [-0.25, -0.2) is 9.78 Å². The quantitative estimate of drug-likeness (QED) is 0.673. The molecule has 2 aliphatic rings. The molecule has 0 radical (unpaired) electrons. The highest BCUT2D eigenvalue weighted by Crippen LogP contribution is 2.43. The number of rotatable bonds is 7. The molecule has 30 heavy (non-hydrogen) atoms. The molecule has 0 saturated heterocycles. The van der Waals surface area contributed by atoms with Crippen LogP contribution in [0.15, 0.2) is 6.07 Å². The summed E-state index contributed by atoms with van der Waals surface area (Å²) in [4.78, 5) is 29.1. The van der Waals surface area contributed by atoms with Crippen LogP contribution in [0, 0.1) is 11.3 Å². The molecule has 1 aromatic heterocycles. The van der Waals surface area contributed by atoms with Crippen LogP contribution < -0.4 is 14.8 Å². The number of ether oxygens (including phenoxy) is 3. The molecule has 2 fully saturated rings. The van der Waals surface area contributed by atoms with Crippen molar-refractivity contribution < 1.29 is 23.8 Å². The van der Waals surface area contributed by atoms with E-state index in [9.17, 15) is 9.59 Å². The summed E-state index contributed by atoms with van der Waals surface area (Å²) in [6.45, 7) is 5.46. The molecule has 2 atom stereocenters. The van der Waals surface area contributed by atoms with Crippen LogP contribution in [0.3, 0.4) is 0 Å². The lowest BCUT2D eigenvalue weighted by Gasteiger charge is -2.22. The average molecular weight is 415 g/mol. The fourth-order valence-corrected chi connectivity index (χ4v) is 3.60. The Morgan fingerprint density at radius 1 is 1.27 bits per heavy atom. The van der Waals surface area contributed by atoms with E-state index in [-0.39, 0.29) is 35.8 Å². The summed E-state index contributed by atoms with van der Waals surface area (Å²) < 4.78 is 16.9. The minimum Gasteiger partial charge on any atom is -0.489 e. The molecule has 3 rings (SSSR count). The summed E-state index contributed by atoms with van der Waals surface area (Å²) in [6.07, 6.45) is 3.30. The van der Waals surface area contributed by atoms with Crippen molar-refractivity contribution in [2.45, 2.75) is 83.0 Å². The van der Waals surface area contributed by atoms with Crippen LogP contribution in [0.25, 0.3) is 0 Å². The van der Waals surface area contributed by atoms with E-state index >= 15 is 0 Å². The highest BCUT2D eigenvalue weighted by atomic mass is 16.6. The third-order valence-electron chi connectivity index (χ3n) is 5.08. The van der Waals surface area contributed by atoms with Gasteiger partial charge in [0, 0.05) is 24.4 Å². The van der Waals surface area contributed by atoms with Gasteiger partial charge in [0.2, 0.25) is 5.88 Å². The maximum absolute atomic E-state index is 12.6. The fraction of sp³-hybridized carbons (Fsp3) is 0.636. The Morgan fingerprint density at radius 3 is 2.60 bits per heavy atom. The van der Waals surface area contributed by atoms with E-state index in [1.54, 1.807) is 6.07 Å². The maximum atomic E-state index is 12.6. The molecule has 0 spiro atoms. The molecular weight excluding hydrogens is 386 g/mol. The maximum Gasteiger partial charge on any atom is 0.407 e. The minimum absolute atomic E-state index is 0.0604. The van der Waals surface area contributed by atoms with Crippen molar-refractivity contribution in [2.24, 2.45) is 0 Å². The number of Topliss-reactive ketones (excluding diaryl/α,β-unsaturated/α-hetero) is 1. The number of ketones is 1. The second kappa shape index (κ2) is 8.90. The number of aromatic nitrogens is 1. The number of amides is 1. The van der Waals surface area contributed by atoms with Crippen LogP contribution >= 0.6 is 0 Å². The van der Waals surface area contributed by atoms with E-state index in [1.807, 2.05) is 26.8 Å². The van der Waals surface area contributed by atoms with E-state index in [4.69, 9.17) is 19.5 Å². The molecule has 1 heterocycles. The Balaban J connectivity index is 1.74. The first-order valence-electron chi connectivity index (χ1n) is 10.4. The third kappa shape index (κ3) is 5.62. The van der Waals surface area contributed by atoms with Gasteiger partial charge in [0.05, 0.1) is 25.3 Å². The SMILES string of the molecule is COc1nc(C2CC2)cc(O[C@@H]2CC[C@H](NC(=O)OC(C)(C)C)C2)c1C(=O)CC#N. The molecule has 0 unspecified atom stereocenters. The number of hydrogen-bond donors (Lipinski definition) is 1. The number of carbonyl (C=O) groups is 2. The topological polar surface area (TPSA) is 111 Å². The Kier molecular flexibility index (Phi) is 6.49. The monoisotopic (exact) mass is 415 g/mol. The smallest absolute Gasteiger partial charge is 0.407 e. The first-order valence-corrected chi connectivity index (χ1v) is 10.4. The summed E-state index contributed by atoms with van der Waals surface area (Å²) in [5.74, 6) is 0.593. The van der Waals surface area contributed by atoms with Gasteiger partial charge in [-0.2, -0.15) is 5.26 Å². The van der Waals surface area contributed by atoms with Gasteiger partial charge in [-0.15, -0.1) is 0 Å². The molecule has 1 aromatic rings. The summed E-state index contributed by atoms with van der Waals surface area (Å²) in [6, 6.07) is 3.63. The Labute approximate surface area is 176 Å². The van der Waals surface area contributed by atoms with Crippen molar-refractivity contribution in [1.29, 1.82) is 5.26 Å². The zero-order chi connectivity index (χ0) is 21.9. The molecule has 0 aliphatic heterocycles. The summed E-state index contributed by atoms with van der Waals surface area (Å²) in [5, 5.41) is 11.8. The standard InChI is InChI=1S/C22H29N3O5/c1-22(2,3)30-21(27)24-14-7-8-15(11-14)29-18-12-16(13-5-6-13)25-20(28-4)19(18)17(26)9-10-23/h12-15H,5-9,11H2,1-4H3,(H,24,27)/t14-,15+/m0/s1. The van der Waals surface area contributed by atoms with Gasteiger partial charge in [-0.3, -0.25) is 4.79 Å². The normalized spacial score (nSPS) is 20.9. The Morgan fingerprint density at radius 2 is 2.00 bits per heavy atom. The highest BCUT2D eigenvalue weighted by molar-refractivity contribution is 6.02. The summed E-state index contributed by atoms with van der Waals surface area (Å²) >= 11 is 0. The number of carbonyl (C=O) groups excluding carboxylic acids is 2. The van der Waals surface area contributed by atoms with Crippen LogP contribution in [-0.2, 0) is 4.74 Å². The first kappa shape index (κ1) is 21.9. The molecule has 0 aromatic carbocycles. The second-order valence-corrected chi connectivity index (χ2v) is 8.86. The molecule has 1 N–H and O–H groups in total. The lowest BCUT2D eigenvalue weighted by atomic mass is 10.1. The van der Waals surface area contributed by atoms with Crippen molar-refractivity contribution in [3.63, 3.8) is 0 Å². The van der Waals surface area contributed by atoms with Crippen molar-refractivity contribution >= 4 is 11.9 Å². The number of nitriles is 1. The lowest BCUT2D eigenvalue weighted by Crippen LogP contribution is -2.38. The van der Waals surface area contributed by atoms with Gasteiger partial charge in [-0.05, 0) is 46.5 Å². The molecule has 162 valence electrons. The first-order chi connectivity index (χ1) is 14.2. The third-order valence-corrected chi connectivity index (χ3v) is 5.08. The van der Waals surface area contributed by atoms with Gasteiger partial charge in [0.15, 0.2) is 5.78 Å². The number of methoxy groups -OCH3 is 1. The summed E-state index contributed by atoms with van der Waals surface area (Å²) in [5.41, 5.74) is 0.505. The number of nitrogens with one attached hydrogen (secondary N) is 1. The van der Waals surface area contributed by atoms with E-state index < -0.39 is 11.7 Å². The Bertz CT molecular complexity index is 852. The number of alkyl carbamates (subject to hydrolysis) is 1. The number of hydrogen-bond acceptors (Lipinski definition) is 7. The molecule has 2 saturated carbocycles. The van der Waals surface area contributed by atoms with Crippen molar-refractivity contribution in [2.75, 3.05) is 7.11 Å². The van der Waals surface area contributed by atoms with E-state index in [0.717, 1.165) is 31.4 Å². The van der Waals surface area contributed by atoms with Crippen LogP contribution in [0.1, 0.15) is 81.3 Å². The second-order valence-electron chi connectivity index (χ2n) is 8.86. The minimum atomic E-state index is -0.554. The number of pyridine rings is 1. The molecular formula is C22H29N3O5. The van der Waals surface area contributed by atoms with Crippen LogP contribution in [0.2, 0.25) is 0 Å². The molecule has 0 bridgehead atoms. The van der Waals surface area contributed by atoms with Crippen molar-refractivity contribution in [1.82, 2.24) is 10.3 Å². The zero-order valence-electron chi connectivity index (χ0n) is 18.0.